The number of ether oxygens (including phenoxy) is 1. The molecule has 2 atom stereocenters. The first kappa shape index (κ1) is 25.2. The zero-order valence-electron chi connectivity index (χ0n) is 19.4. The molecule has 0 aromatic heterocycles. The van der Waals surface area contributed by atoms with E-state index in [0.29, 0.717) is 5.56 Å². The van der Waals surface area contributed by atoms with Crippen molar-refractivity contribution in [2.75, 3.05) is 6.54 Å². The summed E-state index contributed by atoms with van der Waals surface area (Å²) in [5.74, 6) is -0.860. The van der Waals surface area contributed by atoms with E-state index in [-0.39, 0.29) is 18.5 Å². The Morgan fingerprint density at radius 3 is 2.34 bits per heavy atom. The van der Waals surface area contributed by atoms with Gasteiger partial charge in [-0.2, -0.15) is 5.26 Å². The summed E-state index contributed by atoms with van der Waals surface area (Å²) < 4.78 is 5.23. The number of nitrogens with zero attached hydrogens (tertiary/aromatic N) is 2. The fourth-order valence-corrected chi connectivity index (χ4v) is 3.80. The van der Waals surface area contributed by atoms with Crippen molar-refractivity contribution in [3.8, 4) is 6.07 Å². The highest BCUT2D eigenvalue weighted by Crippen LogP contribution is 2.24. The van der Waals surface area contributed by atoms with Crippen molar-refractivity contribution in [1.29, 1.82) is 5.26 Å². The van der Waals surface area contributed by atoms with Gasteiger partial charge in [0.05, 0.1) is 6.07 Å². The van der Waals surface area contributed by atoms with Crippen LogP contribution < -0.4 is 10.6 Å². The Hall–Kier alpha value is -3.08. The number of carbonyl (C=O) groups excluding carboxylic acids is 3. The van der Waals surface area contributed by atoms with Gasteiger partial charge in [0.25, 0.3) is 0 Å². The van der Waals surface area contributed by atoms with Gasteiger partial charge in [-0.15, -0.1) is 0 Å². The average Bonchev–Trinajstić information content (AvgIpc) is 2.73. The number of nitrogens with one attached hydrogen (secondary N) is 2. The van der Waals surface area contributed by atoms with Crippen LogP contribution >= 0.6 is 0 Å². The molecule has 32 heavy (non-hydrogen) atoms. The molecule has 1 saturated carbocycles. The summed E-state index contributed by atoms with van der Waals surface area (Å²) in [5.41, 5.74) is -0.111. The molecule has 0 heterocycles. The second-order valence-corrected chi connectivity index (χ2v) is 9.15. The van der Waals surface area contributed by atoms with Gasteiger partial charge < -0.3 is 20.3 Å². The van der Waals surface area contributed by atoms with Crippen LogP contribution in [-0.4, -0.2) is 47.0 Å². The van der Waals surface area contributed by atoms with Crippen molar-refractivity contribution in [3.63, 3.8) is 0 Å². The Bertz CT molecular complexity index is 823. The van der Waals surface area contributed by atoms with Gasteiger partial charge in [-0.1, -0.05) is 49.6 Å². The summed E-state index contributed by atoms with van der Waals surface area (Å²) in [7, 11) is 0. The van der Waals surface area contributed by atoms with Crippen molar-refractivity contribution >= 4 is 17.9 Å². The van der Waals surface area contributed by atoms with Crippen molar-refractivity contribution in [1.82, 2.24) is 15.5 Å². The molecule has 1 aliphatic carbocycles. The Morgan fingerprint density at radius 2 is 1.78 bits per heavy atom. The number of amides is 3. The van der Waals surface area contributed by atoms with Crippen LogP contribution in [0.3, 0.4) is 0 Å². The van der Waals surface area contributed by atoms with Gasteiger partial charge in [-0.3, -0.25) is 9.59 Å². The number of nitriles is 1. The lowest BCUT2D eigenvalue weighted by atomic mass is 9.94. The molecule has 1 aliphatic rings. The molecule has 1 aromatic rings. The van der Waals surface area contributed by atoms with Crippen molar-refractivity contribution < 1.29 is 19.1 Å². The van der Waals surface area contributed by atoms with Crippen LogP contribution in [0, 0.1) is 11.3 Å². The molecule has 2 N–H and O–H groups in total. The number of rotatable bonds is 7. The third kappa shape index (κ3) is 7.56. The lowest BCUT2D eigenvalue weighted by Gasteiger charge is -2.33. The minimum absolute atomic E-state index is 0.0545. The molecule has 2 rings (SSSR count). The molecule has 0 saturated heterocycles. The van der Waals surface area contributed by atoms with Gasteiger partial charge in [-0.05, 0) is 46.1 Å². The molecule has 0 radical (unpaired) electrons. The topological polar surface area (TPSA) is 112 Å². The van der Waals surface area contributed by atoms with Crippen molar-refractivity contribution in [2.24, 2.45) is 0 Å². The Morgan fingerprint density at radius 1 is 1.16 bits per heavy atom. The minimum Gasteiger partial charge on any atom is -0.444 e. The lowest BCUT2D eigenvalue weighted by molar-refractivity contribution is -0.141. The second kappa shape index (κ2) is 11.5. The van der Waals surface area contributed by atoms with Crippen molar-refractivity contribution in [3.05, 3.63) is 35.9 Å². The van der Waals surface area contributed by atoms with Crippen LogP contribution in [0.4, 0.5) is 4.79 Å². The Balaban J connectivity index is 2.26. The van der Waals surface area contributed by atoms with Gasteiger partial charge in [0, 0.05) is 6.04 Å². The third-order valence-corrected chi connectivity index (χ3v) is 5.25. The monoisotopic (exact) mass is 442 g/mol. The summed E-state index contributed by atoms with van der Waals surface area (Å²) in [5, 5.41) is 15.0. The van der Waals surface area contributed by atoms with E-state index < -0.39 is 29.7 Å². The van der Waals surface area contributed by atoms with E-state index in [9.17, 15) is 19.6 Å². The maximum Gasteiger partial charge on any atom is 0.408 e. The predicted molar refractivity (Wildman–Crippen MR) is 120 cm³/mol. The van der Waals surface area contributed by atoms with Gasteiger partial charge in [0.1, 0.15) is 24.2 Å². The number of carbonyl (C=O) groups is 3. The Kier molecular flexibility index (Phi) is 9.06. The summed E-state index contributed by atoms with van der Waals surface area (Å²) in [6, 6.07) is 8.99. The number of hydrogen-bond acceptors (Lipinski definition) is 5. The molecule has 174 valence electrons. The largest absolute Gasteiger partial charge is 0.444 e. The molecule has 1 aromatic carbocycles. The van der Waals surface area contributed by atoms with Crippen LogP contribution in [-0.2, 0) is 14.3 Å². The zero-order valence-corrected chi connectivity index (χ0v) is 19.4. The standard InChI is InChI=1S/C24H34N4O4/c1-17(26-23(31)32-24(2,3)4)22(30)28(16-15-25)20(18-11-7-5-8-12-18)21(29)27-19-13-9-6-10-14-19/h5,7-8,11-12,17,19-20H,6,9-10,13-14,16H2,1-4H3,(H,26,31)(H,27,29). The molecule has 8 nitrogen and oxygen atoms in total. The molecule has 0 bridgehead atoms. The Labute approximate surface area is 190 Å². The van der Waals surface area contributed by atoms with E-state index in [2.05, 4.69) is 10.6 Å². The average molecular weight is 443 g/mol. The fourth-order valence-electron chi connectivity index (χ4n) is 3.80. The van der Waals surface area contributed by atoms with Crippen LogP contribution in [0.5, 0.6) is 0 Å². The summed E-state index contributed by atoms with van der Waals surface area (Å²) in [6.45, 7) is 6.39. The second-order valence-electron chi connectivity index (χ2n) is 9.15. The highest BCUT2D eigenvalue weighted by atomic mass is 16.6. The van der Waals surface area contributed by atoms with Crippen LogP contribution in [0.2, 0.25) is 0 Å². The van der Waals surface area contributed by atoms with E-state index in [1.807, 2.05) is 12.1 Å². The van der Waals surface area contributed by atoms with Crippen molar-refractivity contribution in [2.45, 2.75) is 83.5 Å². The van der Waals surface area contributed by atoms with E-state index in [1.165, 1.54) is 11.8 Å². The molecule has 2 unspecified atom stereocenters. The summed E-state index contributed by atoms with van der Waals surface area (Å²) in [4.78, 5) is 40.0. The molecular weight excluding hydrogens is 408 g/mol. The SMILES string of the molecule is CC(NC(=O)OC(C)(C)C)C(=O)N(CC#N)C(C(=O)NC1CCCCC1)c1ccccc1. The van der Waals surface area contributed by atoms with Gasteiger partial charge in [0.15, 0.2) is 0 Å². The maximum absolute atomic E-state index is 13.3. The number of benzene rings is 1. The molecule has 1 fully saturated rings. The molecular formula is C24H34N4O4. The quantitative estimate of drug-likeness (QED) is 0.628. The number of hydrogen-bond donors (Lipinski definition) is 2. The minimum atomic E-state index is -0.980. The first-order valence-corrected chi connectivity index (χ1v) is 11.1. The molecule has 0 aliphatic heterocycles. The first-order valence-electron chi connectivity index (χ1n) is 11.1. The highest BCUT2D eigenvalue weighted by Gasteiger charge is 2.35. The van der Waals surface area contributed by atoms with E-state index in [0.717, 1.165) is 32.1 Å². The first-order chi connectivity index (χ1) is 15.1. The molecule has 8 heteroatoms. The van der Waals surface area contributed by atoms with E-state index in [1.54, 1.807) is 45.0 Å². The fraction of sp³-hybridized carbons (Fsp3) is 0.583. The normalized spacial score (nSPS) is 16.2. The van der Waals surface area contributed by atoms with Gasteiger partial charge in [0.2, 0.25) is 11.8 Å². The molecule has 0 spiro atoms. The van der Waals surface area contributed by atoms with E-state index in [4.69, 9.17) is 4.74 Å². The highest BCUT2D eigenvalue weighted by molar-refractivity contribution is 5.92. The summed E-state index contributed by atoms with van der Waals surface area (Å²) >= 11 is 0. The maximum atomic E-state index is 13.3. The zero-order chi connectivity index (χ0) is 23.7. The van der Waals surface area contributed by atoms with Crippen LogP contribution in [0.15, 0.2) is 30.3 Å². The van der Waals surface area contributed by atoms with Crippen LogP contribution in [0.1, 0.15) is 71.4 Å². The molecule has 3 amide bonds. The van der Waals surface area contributed by atoms with Gasteiger partial charge in [-0.25, -0.2) is 4.79 Å². The number of alkyl carbamates (subject to hydrolysis) is 1. The lowest BCUT2D eigenvalue weighted by Crippen LogP contribution is -2.53. The van der Waals surface area contributed by atoms with E-state index >= 15 is 0 Å². The summed E-state index contributed by atoms with van der Waals surface area (Å²) in [6.07, 6.45) is 4.32. The van der Waals surface area contributed by atoms with Crippen LogP contribution in [0.25, 0.3) is 0 Å². The smallest absolute Gasteiger partial charge is 0.408 e. The third-order valence-electron chi connectivity index (χ3n) is 5.25. The van der Waals surface area contributed by atoms with Gasteiger partial charge >= 0.3 is 6.09 Å². The predicted octanol–water partition coefficient (Wildman–Crippen LogP) is 3.44.